The molecule has 2 aromatic rings. The first-order valence-corrected chi connectivity index (χ1v) is 12.8. The van der Waals surface area contributed by atoms with E-state index in [1.807, 2.05) is 26.0 Å². The second-order valence-electron chi connectivity index (χ2n) is 10.5. The van der Waals surface area contributed by atoms with Crippen LogP contribution in [-0.4, -0.2) is 26.4 Å². The minimum Gasteiger partial charge on any atom is -0.325 e. The number of hydrogen-bond acceptors (Lipinski definition) is 4. The number of rotatable bonds is 7. The number of nitrogens with one attached hydrogen (secondary N) is 1. The van der Waals surface area contributed by atoms with Crippen molar-refractivity contribution in [3.8, 4) is 0 Å². The van der Waals surface area contributed by atoms with E-state index in [0.29, 0.717) is 11.2 Å². The Bertz CT molecular complexity index is 926. The van der Waals surface area contributed by atoms with Gasteiger partial charge in [-0.1, -0.05) is 17.8 Å². The highest BCUT2D eigenvalue weighted by molar-refractivity contribution is 7.99. The summed E-state index contributed by atoms with van der Waals surface area (Å²) in [5.41, 5.74) is 3.63. The van der Waals surface area contributed by atoms with Crippen LogP contribution in [0.4, 0.5) is 5.69 Å². The Labute approximate surface area is 189 Å². The van der Waals surface area contributed by atoms with Gasteiger partial charge in [0.05, 0.1) is 5.75 Å². The van der Waals surface area contributed by atoms with Gasteiger partial charge < -0.3 is 9.88 Å². The van der Waals surface area contributed by atoms with Crippen molar-refractivity contribution in [1.82, 2.24) is 14.8 Å². The maximum Gasteiger partial charge on any atom is 0.234 e. The van der Waals surface area contributed by atoms with E-state index >= 15 is 0 Å². The van der Waals surface area contributed by atoms with Gasteiger partial charge in [0, 0.05) is 18.7 Å². The summed E-state index contributed by atoms with van der Waals surface area (Å²) in [6.07, 6.45) is 9.62. The molecule has 0 atom stereocenters. The van der Waals surface area contributed by atoms with Crippen LogP contribution in [0.1, 0.15) is 62.4 Å². The Hall–Kier alpha value is -1.82. The summed E-state index contributed by atoms with van der Waals surface area (Å²) in [4.78, 5) is 12.5. The zero-order valence-electron chi connectivity index (χ0n) is 19.0. The van der Waals surface area contributed by atoms with Gasteiger partial charge in [-0.3, -0.25) is 4.79 Å². The first-order valence-electron chi connectivity index (χ1n) is 11.8. The number of thioether (sulfide) groups is 1. The van der Waals surface area contributed by atoms with Gasteiger partial charge in [0.1, 0.15) is 5.82 Å². The molecule has 6 rings (SSSR count). The topological polar surface area (TPSA) is 59.8 Å². The fraction of sp³-hybridized carbons (Fsp3) is 0.640. The van der Waals surface area contributed by atoms with Crippen LogP contribution >= 0.6 is 11.8 Å². The number of aryl methyl sites for hydroxylation is 2. The number of aromatic nitrogens is 3. The summed E-state index contributed by atoms with van der Waals surface area (Å²) in [5, 5.41) is 13.0. The molecule has 4 saturated carbocycles. The van der Waals surface area contributed by atoms with Crippen LogP contribution in [-0.2, 0) is 17.8 Å². The Balaban J connectivity index is 1.24. The predicted octanol–water partition coefficient (Wildman–Crippen LogP) is 5.40. The highest BCUT2D eigenvalue weighted by Gasteiger charge is 2.51. The van der Waals surface area contributed by atoms with Gasteiger partial charge in [-0.15, -0.1) is 10.2 Å². The van der Waals surface area contributed by atoms with E-state index in [-0.39, 0.29) is 5.91 Å². The Kier molecular flexibility index (Phi) is 5.61. The quantitative estimate of drug-likeness (QED) is 0.588. The van der Waals surface area contributed by atoms with Gasteiger partial charge in [0.25, 0.3) is 0 Å². The summed E-state index contributed by atoms with van der Waals surface area (Å²) in [5.74, 6) is 4.33. The van der Waals surface area contributed by atoms with Gasteiger partial charge >= 0.3 is 0 Å². The molecule has 31 heavy (non-hydrogen) atoms. The van der Waals surface area contributed by atoms with Crippen molar-refractivity contribution in [3.63, 3.8) is 0 Å². The number of amides is 1. The molecule has 4 aliphatic rings. The largest absolute Gasteiger partial charge is 0.325 e. The fourth-order valence-corrected chi connectivity index (χ4v) is 7.91. The molecule has 0 saturated heterocycles. The van der Waals surface area contributed by atoms with Crippen LogP contribution in [0.25, 0.3) is 0 Å². The van der Waals surface area contributed by atoms with Gasteiger partial charge in [-0.2, -0.15) is 0 Å². The van der Waals surface area contributed by atoms with Crippen LogP contribution in [0, 0.1) is 37.0 Å². The van der Waals surface area contributed by atoms with E-state index in [1.165, 1.54) is 50.3 Å². The van der Waals surface area contributed by atoms with E-state index in [0.717, 1.165) is 58.5 Å². The van der Waals surface area contributed by atoms with Crippen LogP contribution in [0.3, 0.4) is 0 Å². The maximum atomic E-state index is 12.5. The van der Waals surface area contributed by atoms with Crippen molar-refractivity contribution >= 4 is 23.4 Å². The number of benzene rings is 1. The van der Waals surface area contributed by atoms with E-state index < -0.39 is 0 Å². The van der Waals surface area contributed by atoms with Gasteiger partial charge in [0.15, 0.2) is 5.16 Å². The molecule has 1 amide bonds. The minimum absolute atomic E-state index is 0.00304. The lowest BCUT2D eigenvalue weighted by Gasteiger charge is -2.56. The SMILES string of the molecule is CCn1c(CC23CC4CC(CC(C4)C2)C3)nnc1SCC(=O)Nc1cc(C)cc(C)c1. The minimum atomic E-state index is 0.00304. The number of nitrogens with zero attached hydrogens (tertiary/aromatic N) is 3. The number of anilines is 1. The number of carbonyl (C=O) groups excluding carboxylic acids is 1. The normalized spacial score (nSPS) is 28.8. The van der Waals surface area contributed by atoms with Crippen LogP contribution < -0.4 is 5.32 Å². The Morgan fingerprint density at radius 1 is 1.06 bits per heavy atom. The molecule has 166 valence electrons. The lowest BCUT2D eigenvalue weighted by Crippen LogP contribution is -2.47. The van der Waals surface area contributed by atoms with E-state index in [2.05, 4.69) is 33.1 Å². The average molecular weight is 439 g/mol. The van der Waals surface area contributed by atoms with Crippen molar-refractivity contribution in [2.75, 3.05) is 11.1 Å². The van der Waals surface area contributed by atoms with Gasteiger partial charge in [0.2, 0.25) is 5.91 Å². The molecular weight excluding hydrogens is 404 g/mol. The molecule has 0 aliphatic heterocycles. The summed E-state index contributed by atoms with van der Waals surface area (Å²) in [6.45, 7) is 7.11. The third kappa shape index (κ3) is 4.41. The van der Waals surface area contributed by atoms with Crippen molar-refractivity contribution in [3.05, 3.63) is 35.2 Å². The Morgan fingerprint density at radius 3 is 2.26 bits per heavy atom. The van der Waals surface area contributed by atoms with Crippen LogP contribution in [0.5, 0.6) is 0 Å². The van der Waals surface area contributed by atoms with Gasteiger partial charge in [-0.05, 0) is 106 Å². The third-order valence-corrected chi connectivity index (χ3v) is 8.61. The molecular formula is C25H34N4OS. The maximum absolute atomic E-state index is 12.5. The molecule has 4 aliphatic carbocycles. The summed E-state index contributed by atoms with van der Waals surface area (Å²) in [6, 6.07) is 6.13. The second kappa shape index (κ2) is 8.27. The third-order valence-electron chi connectivity index (χ3n) is 7.65. The Morgan fingerprint density at radius 2 is 1.68 bits per heavy atom. The van der Waals surface area contributed by atoms with Crippen molar-refractivity contribution in [2.24, 2.45) is 23.2 Å². The molecule has 6 heteroatoms. The van der Waals surface area contributed by atoms with E-state index in [1.54, 1.807) is 0 Å². The molecule has 5 nitrogen and oxygen atoms in total. The smallest absolute Gasteiger partial charge is 0.234 e. The van der Waals surface area contributed by atoms with Crippen molar-refractivity contribution < 1.29 is 4.79 Å². The molecule has 1 N–H and O–H groups in total. The number of carbonyl (C=O) groups is 1. The predicted molar refractivity (Wildman–Crippen MR) is 125 cm³/mol. The molecule has 0 unspecified atom stereocenters. The lowest BCUT2D eigenvalue weighted by atomic mass is 9.49. The molecule has 0 radical (unpaired) electrons. The molecule has 1 aromatic carbocycles. The van der Waals surface area contributed by atoms with Crippen LogP contribution in [0.2, 0.25) is 0 Å². The molecule has 1 heterocycles. The molecule has 0 spiro atoms. The van der Waals surface area contributed by atoms with Crippen LogP contribution in [0.15, 0.2) is 23.4 Å². The van der Waals surface area contributed by atoms with Crippen molar-refractivity contribution in [2.45, 2.75) is 77.4 Å². The highest BCUT2D eigenvalue weighted by atomic mass is 32.2. The summed E-state index contributed by atoms with van der Waals surface area (Å²) in [7, 11) is 0. The first-order chi connectivity index (χ1) is 14.9. The molecule has 4 fully saturated rings. The monoisotopic (exact) mass is 438 g/mol. The first kappa shape index (κ1) is 21.0. The summed E-state index contributed by atoms with van der Waals surface area (Å²) < 4.78 is 2.24. The zero-order chi connectivity index (χ0) is 21.6. The molecule has 1 aromatic heterocycles. The van der Waals surface area contributed by atoms with E-state index in [9.17, 15) is 4.79 Å². The molecule has 4 bridgehead atoms. The highest BCUT2D eigenvalue weighted by Crippen LogP contribution is 2.61. The average Bonchev–Trinajstić information content (AvgIpc) is 3.05. The fourth-order valence-electron chi connectivity index (χ4n) is 7.09. The van der Waals surface area contributed by atoms with Gasteiger partial charge in [-0.25, -0.2) is 0 Å². The second-order valence-corrected chi connectivity index (χ2v) is 11.4. The lowest BCUT2D eigenvalue weighted by molar-refractivity contribution is -0.113. The summed E-state index contributed by atoms with van der Waals surface area (Å²) >= 11 is 1.50. The van der Waals surface area contributed by atoms with E-state index in [4.69, 9.17) is 0 Å². The van der Waals surface area contributed by atoms with Crippen molar-refractivity contribution in [1.29, 1.82) is 0 Å². The zero-order valence-corrected chi connectivity index (χ0v) is 19.8. The number of hydrogen-bond donors (Lipinski definition) is 1. The standard InChI is InChI=1S/C25H34N4OS/c1-4-29-22(14-25-11-18-8-19(12-25)10-20(9-18)13-25)27-28-24(29)31-15-23(30)26-21-6-16(2)5-17(3)7-21/h5-7,18-20H,4,8-15H2,1-3H3,(H,26,30).